The summed E-state index contributed by atoms with van der Waals surface area (Å²) in [6, 6.07) is 11.2. The molecule has 0 radical (unpaired) electrons. The van der Waals surface area contributed by atoms with Gasteiger partial charge in [0.1, 0.15) is 0 Å². The summed E-state index contributed by atoms with van der Waals surface area (Å²) < 4.78 is 15.0. The largest absolute Gasteiger partial charge is 0.465 e. The minimum Gasteiger partial charge on any atom is -0.465 e. The first-order valence-electron chi connectivity index (χ1n) is 7.11. The summed E-state index contributed by atoms with van der Waals surface area (Å²) in [5.41, 5.74) is 1.42. The van der Waals surface area contributed by atoms with Crippen LogP contribution in [0.1, 0.15) is 16.1 Å². The number of hydrogen-bond acceptors (Lipinski definition) is 6. The van der Waals surface area contributed by atoms with Gasteiger partial charge in [-0.25, -0.2) is 4.79 Å². The van der Waals surface area contributed by atoms with Crippen LogP contribution in [0, 0.1) is 0 Å². The number of aromatic nitrogens is 1. The average Bonchev–Trinajstić information content (AvgIpc) is 2.60. The van der Waals surface area contributed by atoms with Crippen LogP contribution in [-0.2, 0) is 20.8 Å². The number of benzene rings is 1. The highest BCUT2D eigenvalue weighted by Gasteiger charge is 2.05. The Morgan fingerprint density at radius 3 is 2.39 bits per heavy atom. The van der Waals surface area contributed by atoms with Crippen LogP contribution in [0.4, 0.5) is 0 Å². The molecule has 5 nitrogen and oxygen atoms in total. The van der Waals surface area contributed by atoms with Crippen molar-refractivity contribution >= 4 is 17.7 Å². The Labute approximate surface area is 140 Å². The molecule has 0 saturated carbocycles. The fraction of sp³-hybridized carbons (Fsp3) is 0.294. The summed E-state index contributed by atoms with van der Waals surface area (Å²) in [5.74, 6) is -0.332. The van der Waals surface area contributed by atoms with E-state index in [-0.39, 0.29) is 5.97 Å². The molecule has 0 amide bonds. The van der Waals surface area contributed by atoms with Crippen molar-refractivity contribution in [2.24, 2.45) is 0 Å². The van der Waals surface area contributed by atoms with E-state index in [1.165, 1.54) is 7.11 Å². The van der Waals surface area contributed by atoms with E-state index in [0.717, 1.165) is 15.5 Å². The fourth-order valence-corrected chi connectivity index (χ4v) is 2.57. The molecule has 1 aromatic carbocycles. The lowest BCUT2D eigenvalue weighted by Gasteiger charge is -2.05. The molecule has 0 unspecified atom stereocenters. The van der Waals surface area contributed by atoms with Gasteiger partial charge in [-0.2, -0.15) is 0 Å². The quantitative estimate of drug-likeness (QED) is 0.546. The maximum Gasteiger partial charge on any atom is 0.337 e. The van der Waals surface area contributed by atoms with Gasteiger partial charge in [0.2, 0.25) is 0 Å². The molecule has 0 N–H and O–H groups in total. The minimum atomic E-state index is -0.332. The smallest absolute Gasteiger partial charge is 0.337 e. The van der Waals surface area contributed by atoms with Crippen LogP contribution in [0.2, 0.25) is 0 Å². The third-order valence-electron chi connectivity index (χ3n) is 2.99. The van der Waals surface area contributed by atoms with Gasteiger partial charge in [-0.15, -0.1) is 0 Å². The normalized spacial score (nSPS) is 10.5. The van der Waals surface area contributed by atoms with Crippen LogP contribution >= 0.6 is 11.8 Å². The molecule has 2 rings (SSSR count). The third-order valence-corrected chi connectivity index (χ3v) is 3.98. The maximum atomic E-state index is 11.4. The zero-order valence-electron chi connectivity index (χ0n) is 13.2. The molecule has 0 bridgehead atoms. The lowest BCUT2D eigenvalue weighted by molar-refractivity contribution is 0.0600. The van der Waals surface area contributed by atoms with Crippen molar-refractivity contribution in [3.8, 4) is 0 Å². The number of hydrogen-bond donors (Lipinski definition) is 0. The number of nitrogens with zero attached hydrogens (tertiary/aromatic N) is 1. The zero-order chi connectivity index (χ0) is 16.5. The second-order valence-electron chi connectivity index (χ2n) is 4.65. The van der Waals surface area contributed by atoms with Crippen molar-refractivity contribution in [1.29, 1.82) is 0 Å². The molecule has 6 heteroatoms. The van der Waals surface area contributed by atoms with Gasteiger partial charge in [0.25, 0.3) is 0 Å². The second kappa shape index (κ2) is 9.29. The molecule has 0 saturated heterocycles. The van der Waals surface area contributed by atoms with Gasteiger partial charge in [-0.3, -0.25) is 4.98 Å². The van der Waals surface area contributed by atoms with E-state index in [9.17, 15) is 4.79 Å². The van der Waals surface area contributed by atoms with Crippen molar-refractivity contribution < 1.29 is 19.0 Å². The number of methoxy groups -OCH3 is 2. The van der Waals surface area contributed by atoms with E-state index < -0.39 is 0 Å². The summed E-state index contributed by atoms with van der Waals surface area (Å²) in [7, 11) is 3.02. The number of carbonyl (C=O) groups is 1. The fourth-order valence-electron chi connectivity index (χ4n) is 1.79. The highest BCUT2D eigenvalue weighted by molar-refractivity contribution is 7.99. The highest BCUT2D eigenvalue weighted by Crippen LogP contribution is 2.27. The zero-order valence-corrected chi connectivity index (χ0v) is 14.0. The Bertz CT molecular complexity index is 613. The van der Waals surface area contributed by atoms with E-state index >= 15 is 0 Å². The van der Waals surface area contributed by atoms with E-state index in [2.05, 4.69) is 9.72 Å². The number of ether oxygens (including phenoxy) is 3. The first-order valence-corrected chi connectivity index (χ1v) is 7.92. The molecular weight excluding hydrogens is 314 g/mol. The third kappa shape index (κ3) is 5.67. The number of carbonyl (C=O) groups excluding carboxylic acids is 1. The molecule has 0 aliphatic rings. The Hall–Kier alpha value is -1.89. The highest BCUT2D eigenvalue weighted by atomic mass is 32.2. The molecule has 1 aromatic heterocycles. The Morgan fingerprint density at radius 2 is 1.78 bits per heavy atom. The number of rotatable bonds is 8. The van der Waals surface area contributed by atoms with Crippen LogP contribution in [0.3, 0.4) is 0 Å². The van der Waals surface area contributed by atoms with Gasteiger partial charge >= 0.3 is 5.97 Å². The molecule has 2 aromatic rings. The molecule has 122 valence electrons. The van der Waals surface area contributed by atoms with Crippen molar-refractivity contribution in [1.82, 2.24) is 4.98 Å². The summed E-state index contributed by atoms with van der Waals surface area (Å²) in [6.07, 6.45) is 1.81. The lowest BCUT2D eigenvalue weighted by atomic mass is 10.2. The monoisotopic (exact) mass is 333 g/mol. The molecule has 0 atom stereocenters. The van der Waals surface area contributed by atoms with Gasteiger partial charge in [-0.1, -0.05) is 11.8 Å². The van der Waals surface area contributed by atoms with E-state index in [1.807, 2.05) is 30.5 Å². The van der Waals surface area contributed by atoms with E-state index in [1.54, 1.807) is 31.0 Å². The van der Waals surface area contributed by atoms with Crippen molar-refractivity contribution in [2.75, 3.05) is 27.4 Å². The van der Waals surface area contributed by atoms with Gasteiger partial charge in [0, 0.05) is 23.1 Å². The van der Waals surface area contributed by atoms with Crippen molar-refractivity contribution in [2.45, 2.75) is 16.4 Å². The molecule has 0 spiro atoms. The molecular formula is C17H19NO4S. The average molecular weight is 333 g/mol. The Balaban J connectivity index is 1.89. The Kier molecular flexibility index (Phi) is 7.06. The van der Waals surface area contributed by atoms with Gasteiger partial charge in [-0.05, 0) is 36.4 Å². The first kappa shape index (κ1) is 17.5. The number of pyridine rings is 1. The predicted octanol–water partition coefficient (Wildman–Crippen LogP) is 3.18. The molecule has 1 heterocycles. The SMILES string of the molecule is COCCOCc1ccc(Sc2ccc(C(=O)OC)cc2)cn1. The second-order valence-corrected chi connectivity index (χ2v) is 5.80. The number of esters is 1. The summed E-state index contributed by atoms with van der Waals surface area (Å²) in [5, 5.41) is 0. The maximum absolute atomic E-state index is 11.4. The van der Waals surface area contributed by atoms with Crippen molar-refractivity contribution in [3.63, 3.8) is 0 Å². The molecule has 23 heavy (non-hydrogen) atoms. The van der Waals surface area contributed by atoms with Gasteiger partial charge in [0.15, 0.2) is 0 Å². The standard InChI is InChI=1S/C17H19NO4S/c1-20-9-10-22-12-14-5-8-16(11-18-14)23-15-6-3-13(4-7-15)17(19)21-2/h3-8,11H,9-10,12H2,1-2H3. The topological polar surface area (TPSA) is 57.7 Å². The summed E-state index contributed by atoms with van der Waals surface area (Å²) in [6.45, 7) is 1.61. The lowest BCUT2D eigenvalue weighted by Crippen LogP contribution is -2.02. The Morgan fingerprint density at radius 1 is 1.04 bits per heavy atom. The summed E-state index contributed by atoms with van der Waals surface area (Å²) >= 11 is 1.58. The van der Waals surface area contributed by atoms with Crippen LogP contribution in [0.25, 0.3) is 0 Å². The van der Waals surface area contributed by atoms with E-state index in [4.69, 9.17) is 9.47 Å². The van der Waals surface area contributed by atoms with Crippen molar-refractivity contribution in [3.05, 3.63) is 53.9 Å². The van der Waals surface area contributed by atoms with Crippen LogP contribution in [-0.4, -0.2) is 38.4 Å². The van der Waals surface area contributed by atoms with Gasteiger partial charge < -0.3 is 14.2 Å². The first-order chi connectivity index (χ1) is 11.2. The van der Waals surface area contributed by atoms with Gasteiger partial charge in [0.05, 0.1) is 38.2 Å². The predicted molar refractivity (Wildman–Crippen MR) is 87.7 cm³/mol. The van der Waals surface area contributed by atoms with Crippen LogP contribution in [0.5, 0.6) is 0 Å². The molecule has 0 fully saturated rings. The molecule has 0 aliphatic heterocycles. The molecule has 0 aliphatic carbocycles. The minimum absolute atomic E-state index is 0.332. The van der Waals surface area contributed by atoms with E-state index in [0.29, 0.717) is 25.4 Å². The summed E-state index contributed by atoms with van der Waals surface area (Å²) in [4.78, 5) is 17.8. The van der Waals surface area contributed by atoms with Crippen LogP contribution < -0.4 is 0 Å². The van der Waals surface area contributed by atoms with Crippen LogP contribution in [0.15, 0.2) is 52.4 Å².